The second kappa shape index (κ2) is 8.73. The van der Waals surface area contributed by atoms with Gasteiger partial charge in [-0.25, -0.2) is 0 Å². The van der Waals surface area contributed by atoms with Crippen LogP contribution in [-0.2, 0) is 6.54 Å². The van der Waals surface area contributed by atoms with Gasteiger partial charge in [-0.1, -0.05) is 42.5 Å². The summed E-state index contributed by atoms with van der Waals surface area (Å²) in [6, 6.07) is 22.1. The summed E-state index contributed by atoms with van der Waals surface area (Å²) in [5, 5.41) is 11.6. The second-order valence-corrected chi connectivity index (χ2v) is 7.20. The highest BCUT2D eigenvalue weighted by atomic mass is 16.2. The van der Waals surface area contributed by atoms with Crippen LogP contribution < -0.4 is 10.2 Å². The first-order valence-electron chi connectivity index (χ1n) is 9.92. The summed E-state index contributed by atoms with van der Waals surface area (Å²) >= 11 is 0. The van der Waals surface area contributed by atoms with Gasteiger partial charge in [0.05, 0.1) is 0 Å². The van der Waals surface area contributed by atoms with Crippen LogP contribution in [0.25, 0.3) is 0 Å². The maximum atomic E-state index is 12.8. The number of benzene rings is 2. The summed E-state index contributed by atoms with van der Waals surface area (Å²) < 4.78 is 0. The number of anilines is 2. The Morgan fingerprint density at radius 3 is 2.31 bits per heavy atom. The number of nitrogens with zero attached hydrogens (tertiary/aromatic N) is 4. The minimum atomic E-state index is -0.0596. The lowest BCUT2D eigenvalue weighted by Gasteiger charge is -2.35. The third-order valence-corrected chi connectivity index (χ3v) is 5.29. The Hall–Kier alpha value is -3.41. The lowest BCUT2D eigenvalue weighted by molar-refractivity contribution is 0.0739. The van der Waals surface area contributed by atoms with E-state index in [2.05, 4.69) is 51.6 Å². The van der Waals surface area contributed by atoms with Gasteiger partial charge in [-0.15, -0.1) is 10.2 Å². The Kier molecular flexibility index (Phi) is 5.70. The van der Waals surface area contributed by atoms with Crippen LogP contribution in [0.5, 0.6) is 0 Å². The molecule has 2 heterocycles. The first-order chi connectivity index (χ1) is 14.2. The van der Waals surface area contributed by atoms with E-state index in [1.54, 1.807) is 6.07 Å². The first kappa shape index (κ1) is 18.9. The highest BCUT2D eigenvalue weighted by Crippen LogP contribution is 2.17. The number of aromatic nitrogens is 2. The van der Waals surface area contributed by atoms with Crippen molar-refractivity contribution in [3.8, 4) is 0 Å². The molecule has 3 aromatic rings. The molecule has 1 N–H and O–H groups in total. The van der Waals surface area contributed by atoms with E-state index >= 15 is 0 Å². The summed E-state index contributed by atoms with van der Waals surface area (Å²) in [6.07, 6.45) is 0. The molecule has 0 atom stereocenters. The average molecular weight is 387 g/mol. The molecule has 1 amide bonds. The van der Waals surface area contributed by atoms with Crippen LogP contribution >= 0.6 is 0 Å². The summed E-state index contributed by atoms with van der Waals surface area (Å²) in [5.74, 6) is 0.606. The van der Waals surface area contributed by atoms with E-state index in [-0.39, 0.29) is 5.91 Å². The fourth-order valence-electron chi connectivity index (χ4n) is 3.50. The maximum absolute atomic E-state index is 12.8. The van der Waals surface area contributed by atoms with Gasteiger partial charge in [0, 0.05) is 38.4 Å². The Balaban J connectivity index is 1.32. The minimum Gasteiger partial charge on any atom is -0.368 e. The number of hydrogen-bond donors (Lipinski definition) is 1. The molecule has 6 nitrogen and oxygen atoms in total. The Labute approximate surface area is 171 Å². The van der Waals surface area contributed by atoms with Crippen molar-refractivity contribution >= 4 is 17.4 Å². The normalized spacial score (nSPS) is 14.0. The molecule has 1 aliphatic rings. The van der Waals surface area contributed by atoms with Crippen molar-refractivity contribution in [1.82, 2.24) is 15.1 Å². The Morgan fingerprint density at radius 1 is 0.897 bits per heavy atom. The molecule has 148 valence electrons. The van der Waals surface area contributed by atoms with Crippen molar-refractivity contribution in [3.05, 3.63) is 83.6 Å². The van der Waals surface area contributed by atoms with E-state index in [0.717, 1.165) is 13.1 Å². The number of carbonyl (C=O) groups is 1. The van der Waals surface area contributed by atoms with Crippen LogP contribution in [-0.4, -0.2) is 47.2 Å². The zero-order chi connectivity index (χ0) is 20.1. The van der Waals surface area contributed by atoms with E-state index in [0.29, 0.717) is 31.1 Å². The summed E-state index contributed by atoms with van der Waals surface area (Å²) in [5.41, 5.74) is 4.03. The van der Waals surface area contributed by atoms with Crippen molar-refractivity contribution in [2.45, 2.75) is 13.5 Å². The van der Waals surface area contributed by atoms with Gasteiger partial charge in [0.25, 0.3) is 5.91 Å². The van der Waals surface area contributed by atoms with Gasteiger partial charge in [0.1, 0.15) is 5.82 Å². The number of piperazine rings is 1. The number of para-hydroxylation sites is 1. The topological polar surface area (TPSA) is 61.4 Å². The number of rotatable bonds is 5. The van der Waals surface area contributed by atoms with Crippen molar-refractivity contribution in [2.24, 2.45) is 0 Å². The number of aryl methyl sites for hydroxylation is 1. The maximum Gasteiger partial charge on any atom is 0.274 e. The predicted molar refractivity (Wildman–Crippen MR) is 115 cm³/mol. The van der Waals surface area contributed by atoms with Crippen molar-refractivity contribution in [3.63, 3.8) is 0 Å². The molecular formula is C23H25N5O. The van der Waals surface area contributed by atoms with Crippen molar-refractivity contribution in [1.29, 1.82) is 0 Å². The van der Waals surface area contributed by atoms with E-state index < -0.39 is 0 Å². The van der Waals surface area contributed by atoms with Crippen LogP contribution in [0.4, 0.5) is 11.5 Å². The van der Waals surface area contributed by atoms with E-state index in [4.69, 9.17) is 0 Å². The molecule has 0 aliphatic carbocycles. The molecule has 0 bridgehead atoms. The lowest BCUT2D eigenvalue weighted by atomic mass is 10.1. The van der Waals surface area contributed by atoms with Gasteiger partial charge in [-0.05, 0) is 42.3 Å². The molecule has 0 spiro atoms. The molecule has 0 radical (unpaired) electrons. The third kappa shape index (κ3) is 4.54. The van der Waals surface area contributed by atoms with Crippen LogP contribution in [0.3, 0.4) is 0 Å². The molecule has 1 aromatic heterocycles. The fraction of sp³-hybridized carbons (Fsp3) is 0.261. The zero-order valence-corrected chi connectivity index (χ0v) is 16.6. The highest BCUT2D eigenvalue weighted by molar-refractivity contribution is 5.92. The van der Waals surface area contributed by atoms with E-state index in [9.17, 15) is 4.79 Å². The number of nitrogens with one attached hydrogen (secondary N) is 1. The largest absolute Gasteiger partial charge is 0.368 e. The number of amides is 1. The Morgan fingerprint density at radius 2 is 1.62 bits per heavy atom. The third-order valence-electron chi connectivity index (χ3n) is 5.29. The quantitative estimate of drug-likeness (QED) is 0.727. The fourth-order valence-corrected chi connectivity index (χ4v) is 3.50. The van der Waals surface area contributed by atoms with Crippen LogP contribution in [0, 0.1) is 6.92 Å². The molecule has 1 saturated heterocycles. The Bertz CT molecular complexity index is 951. The highest BCUT2D eigenvalue weighted by Gasteiger charge is 2.23. The van der Waals surface area contributed by atoms with Gasteiger partial charge < -0.3 is 15.1 Å². The van der Waals surface area contributed by atoms with Crippen molar-refractivity contribution in [2.75, 3.05) is 36.4 Å². The smallest absolute Gasteiger partial charge is 0.274 e. The number of carbonyl (C=O) groups excluding carboxylic acids is 1. The van der Waals surface area contributed by atoms with Crippen molar-refractivity contribution < 1.29 is 4.79 Å². The molecule has 2 aromatic carbocycles. The number of hydrogen-bond acceptors (Lipinski definition) is 5. The molecule has 4 rings (SSSR count). The monoisotopic (exact) mass is 387 g/mol. The van der Waals surface area contributed by atoms with Crippen LogP contribution in [0.1, 0.15) is 21.6 Å². The van der Waals surface area contributed by atoms with Gasteiger partial charge in [-0.2, -0.15) is 0 Å². The second-order valence-electron chi connectivity index (χ2n) is 7.20. The van der Waals surface area contributed by atoms with Gasteiger partial charge >= 0.3 is 0 Å². The van der Waals surface area contributed by atoms with E-state index in [1.165, 1.54) is 16.8 Å². The SMILES string of the molecule is Cc1ccccc1CNc1ccc(C(=O)N2CCN(c3ccccc3)CC2)nn1. The van der Waals surface area contributed by atoms with Gasteiger partial charge in [0.15, 0.2) is 5.69 Å². The first-order valence-corrected chi connectivity index (χ1v) is 9.92. The summed E-state index contributed by atoms with van der Waals surface area (Å²) in [7, 11) is 0. The zero-order valence-electron chi connectivity index (χ0n) is 16.6. The van der Waals surface area contributed by atoms with Crippen LogP contribution in [0.2, 0.25) is 0 Å². The van der Waals surface area contributed by atoms with Gasteiger partial charge in [-0.3, -0.25) is 4.79 Å². The molecule has 0 saturated carbocycles. The molecule has 1 aliphatic heterocycles. The predicted octanol–water partition coefficient (Wildman–Crippen LogP) is 3.36. The van der Waals surface area contributed by atoms with E-state index in [1.807, 2.05) is 41.3 Å². The van der Waals surface area contributed by atoms with Gasteiger partial charge in [0.2, 0.25) is 0 Å². The molecule has 0 unspecified atom stereocenters. The molecule has 29 heavy (non-hydrogen) atoms. The molecular weight excluding hydrogens is 362 g/mol. The average Bonchev–Trinajstić information content (AvgIpc) is 2.79. The summed E-state index contributed by atoms with van der Waals surface area (Å²) in [6.45, 7) is 5.77. The minimum absolute atomic E-state index is 0.0596. The summed E-state index contributed by atoms with van der Waals surface area (Å²) in [4.78, 5) is 16.9. The van der Waals surface area contributed by atoms with Crippen LogP contribution in [0.15, 0.2) is 66.7 Å². The molecule has 6 heteroatoms. The standard InChI is InChI=1S/C23H25N5O/c1-18-7-5-6-8-19(18)17-24-22-12-11-21(25-26-22)23(29)28-15-13-27(14-16-28)20-9-3-2-4-10-20/h2-12H,13-17H2,1H3,(H,24,26). The molecule has 1 fully saturated rings. The lowest BCUT2D eigenvalue weighted by Crippen LogP contribution is -2.49.